The number of esters is 1. The Morgan fingerprint density at radius 2 is 1.15 bits per heavy atom. The zero-order valence-electron chi connectivity index (χ0n) is 23.0. The van der Waals surface area contributed by atoms with Crippen LogP contribution in [0.4, 0.5) is 17.6 Å². The Morgan fingerprint density at radius 3 is 1.68 bits per heavy atom. The fourth-order valence-corrected chi connectivity index (χ4v) is 4.34. The Hall–Kier alpha value is -3.55. The van der Waals surface area contributed by atoms with E-state index in [2.05, 4.69) is 6.92 Å². The molecule has 0 aliphatic heterocycles. The van der Waals surface area contributed by atoms with Crippen LogP contribution in [0.3, 0.4) is 0 Å². The van der Waals surface area contributed by atoms with Crippen LogP contribution in [-0.2, 0) is 0 Å². The smallest absolute Gasteiger partial charge is 0.343 e. The van der Waals surface area contributed by atoms with Crippen LogP contribution in [0, 0.1) is 23.3 Å². The first-order valence-electron chi connectivity index (χ1n) is 13.8. The molecule has 0 N–H and O–H groups in total. The van der Waals surface area contributed by atoms with E-state index in [1.54, 1.807) is 24.3 Å². The van der Waals surface area contributed by atoms with E-state index >= 15 is 0 Å². The number of hydrogen-bond donors (Lipinski definition) is 0. The summed E-state index contributed by atoms with van der Waals surface area (Å²) in [7, 11) is 1.51. The first-order chi connectivity index (χ1) is 19.4. The van der Waals surface area contributed by atoms with Gasteiger partial charge in [-0.05, 0) is 48.4 Å². The van der Waals surface area contributed by atoms with Crippen molar-refractivity contribution in [1.29, 1.82) is 0 Å². The average Bonchev–Trinajstić information content (AvgIpc) is 2.97. The Bertz CT molecular complexity index is 1200. The van der Waals surface area contributed by atoms with Gasteiger partial charge in [0.25, 0.3) is 0 Å². The first kappa shape index (κ1) is 31.0. The van der Waals surface area contributed by atoms with Gasteiger partial charge in [0, 0.05) is 0 Å². The predicted molar refractivity (Wildman–Crippen MR) is 147 cm³/mol. The summed E-state index contributed by atoms with van der Waals surface area (Å²) in [4.78, 5) is 12.4. The quantitative estimate of drug-likeness (QED) is 0.0576. The number of hydrogen-bond acceptors (Lipinski definition) is 4. The van der Waals surface area contributed by atoms with Crippen molar-refractivity contribution in [3.8, 4) is 28.4 Å². The van der Waals surface area contributed by atoms with Crippen LogP contribution >= 0.6 is 0 Å². The van der Waals surface area contributed by atoms with Crippen molar-refractivity contribution >= 4 is 5.97 Å². The summed E-state index contributed by atoms with van der Waals surface area (Å²) < 4.78 is 74.6. The maximum atomic E-state index is 14.9. The highest BCUT2D eigenvalue weighted by molar-refractivity contribution is 5.91. The van der Waals surface area contributed by atoms with E-state index in [0.717, 1.165) is 25.7 Å². The maximum absolute atomic E-state index is 14.9. The molecule has 0 atom stereocenters. The van der Waals surface area contributed by atoms with Gasteiger partial charge in [-0.1, -0.05) is 76.8 Å². The molecule has 0 aliphatic carbocycles. The highest BCUT2D eigenvalue weighted by Crippen LogP contribution is 2.36. The molecular weight excluding hydrogens is 524 g/mol. The van der Waals surface area contributed by atoms with E-state index in [9.17, 15) is 22.4 Å². The molecule has 3 aromatic rings. The fourth-order valence-electron chi connectivity index (χ4n) is 4.34. The molecule has 8 heteroatoms. The summed E-state index contributed by atoms with van der Waals surface area (Å²) in [5.74, 6) is -7.24. The summed E-state index contributed by atoms with van der Waals surface area (Å²) in [6, 6.07) is 11.2. The second kappa shape index (κ2) is 15.9. The molecule has 0 spiro atoms. The molecule has 0 saturated heterocycles. The number of carbonyl (C=O) groups is 1. The lowest BCUT2D eigenvalue weighted by molar-refractivity contribution is 0.0734. The molecule has 0 saturated carbocycles. The molecule has 0 unspecified atom stereocenters. The fraction of sp³-hybridized carbons (Fsp3) is 0.406. The minimum absolute atomic E-state index is 0.0480. The van der Waals surface area contributed by atoms with Crippen LogP contribution in [0.25, 0.3) is 11.1 Å². The van der Waals surface area contributed by atoms with E-state index in [1.807, 2.05) is 0 Å². The summed E-state index contributed by atoms with van der Waals surface area (Å²) in [6.45, 7) is 2.13. The van der Waals surface area contributed by atoms with Crippen molar-refractivity contribution in [3.05, 3.63) is 77.4 Å². The summed E-state index contributed by atoms with van der Waals surface area (Å²) in [5, 5.41) is 0. The first-order valence-corrected chi connectivity index (χ1v) is 13.8. The molecule has 0 heterocycles. The summed E-state index contributed by atoms with van der Waals surface area (Å²) in [6.07, 6.45) is 10.7. The molecule has 40 heavy (non-hydrogen) atoms. The van der Waals surface area contributed by atoms with Gasteiger partial charge in [0.15, 0.2) is 17.4 Å². The molecule has 0 aliphatic rings. The molecule has 0 amide bonds. The second-order valence-corrected chi connectivity index (χ2v) is 9.63. The number of rotatable bonds is 16. The van der Waals surface area contributed by atoms with Gasteiger partial charge in [-0.25, -0.2) is 13.6 Å². The predicted octanol–water partition coefficient (Wildman–Crippen LogP) is 9.44. The van der Waals surface area contributed by atoms with E-state index in [0.29, 0.717) is 12.2 Å². The van der Waals surface area contributed by atoms with Gasteiger partial charge < -0.3 is 14.2 Å². The van der Waals surface area contributed by atoms with Crippen molar-refractivity contribution in [2.75, 3.05) is 13.7 Å². The van der Waals surface area contributed by atoms with Crippen molar-refractivity contribution in [2.24, 2.45) is 0 Å². The van der Waals surface area contributed by atoms with E-state index in [-0.39, 0.29) is 23.5 Å². The molecular formula is C32H36F4O4. The molecule has 4 nitrogen and oxygen atoms in total. The minimum atomic E-state index is -1.59. The third-order valence-corrected chi connectivity index (χ3v) is 6.65. The Labute approximate surface area is 233 Å². The van der Waals surface area contributed by atoms with Gasteiger partial charge in [-0.15, -0.1) is 0 Å². The van der Waals surface area contributed by atoms with Crippen molar-refractivity contribution in [2.45, 2.75) is 71.1 Å². The van der Waals surface area contributed by atoms with E-state index < -0.39 is 40.6 Å². The minimum Gasteiger partial charge on any atom is -0.497 e. The lowest BCUT2D eigenvalue weighted by atomic mass is 10.0. The molecule has 0 radical (unpaired) electrons. The lowest BCUT2D eigenvalue weighted by Gasteiger charge is -2.13. The summed E-state index contributed by atoms with van der Waals surface area (Å²) >= 11 is 0. The van der Waals surface area contributed by atoms with Crippen LogP contribution < -0.4 is 14.2 Å². The highest BCUT2D eigenvalue weighted by Gasteiger charge is 2.27. The number of ether oxygens (including phenoxy) is 3. The molecule has 3 aromatic carbocycles. The highest BCUT2D eigenvalue weighted by atomic mass is 19.2. The van der Waals surface area contributed by atoms with Crippen LogP contribution in [0.1, 0.15) is 81.5 Å². The van der Waals surface area contributed by atoms with Gasteiger partial charge in [0.2, 0.25) is 11.6 Å². The van der Waals surface area contributed by atoms with Gasteiger partial charge in [0.1, 0.15) is 11.5 Å². The van der Waals surface area contributed by atoms with Gasteiger partial charge in [0.05, 0.1) is 24.8 Å². The standard InChI is InChI=1S/C32H36F4O4/c1-3-4-5-6-7-8-9-10-11-12-21-39-31-29(35)27(33)26(28(34)30(31)36)22-13-15-23(16-14-22)32(37)40-25-19-17-24(38-2)18-20-25/h13-20H,3-12,21H2,1-2H3. The Balaban J connectivity index is 1.56. The van der Waals surface area contributed by atoms with Gasteiger partial charge in [-0.3, -0.25) is 0 Å². The van der Waals surface area contributed by atoms with Crippen molar-refractivity contribution in [1.82, 2.24) is 0 Å². The second-order valence-electron chi connectivity index (χ2n) is 9.63. The molecule has 3 rings (SSSR count). The normalized spacial score (nSPS) is 10.9. The third kappa shape index (κ3) is 8.47. The number of benzene rings is 3. The molecule has 0 fully saturated rings. The van der Waals surface area contributed by atoms with Crippen LogP contribution in [-0.4, -0.2) is 19.7 Å². The van der Waals surface area contributed by atoms with E-state index in [4.69, 9.17) is 14.2 Å². The average molecular weight is 561 g/mol. The molecule has 0 bridgehead atoms. The van der Waals surface area contributed by atoms with Gasteiger partial charge in [-0.2, -0.15) is 8.78 Å². The zero-order valence-corrected chi connectivity index (χ0v) is 23.0. The number of methoxy groups -OCH3 is 1. The zero-order chi connectivity index (χ0) is 28.9. The van der Waals surface area contributed by atoms with Crippen molar-refractivity contribution < 1.29 is 36.6 Å². The maximum Gasteiger partial charge on any atom is 0.343 e. The number of halogens is 4. The Morgan fingerprint density at radius 1 is 0.650 bits per heavy atom. The van der Waals surface area contributed by atoms with Crippen molar-refractivity contribution in [3.63, 3.8) is 0 Å². The lowest BCUT2D eigenvalue weighted by Crippen LogP contribution is -2.09. The summed E-state index contributed by atoms with van der Waals surface area (Å²) in [5.41, 5.74) is -0.941. The third-order valence-electron chi connectivity index (χ3n) is 6.65. The SMILES string of the molecule is CCCCCCCCCCCCOc1c(F)c(F)c(-c2ccc(C(=O)Oc3ccc(OC)cc3)cc2)c(F)c1F. The van der Waals surface area contributed by atoms with E-state index in [1.165, 1.54) is 63.5 Å². The van der Waals surface area contributed by atoms with Gasteiger partial charge >= 0.3 is 5.97 Å². The van der Waals surface area contributed by atoms with Crippen LogP contribution in [0.5, 0.6) is 17.2 Å². The monoisotopic (exact) mass is 560 g/mol. The molecule has 0 aromatic heterocycles. The van der Waals surface area contributed by atoms with Crippen LogP contribution in [0.2, 0.25) is 0 Å². The topological polar surface area (TPSA) is 44.8 Å². The largest absolute Gasteiger partial charge is 0.497 e. The molecule has 216 valence electrons. The number of unbranched alkanes of at least 4 members (excludes halogenated alkanes) is 9. The van der Waals surface area contributed by atoms with Crippen LogP contribution in [0.15, 0.2) is 48.5 Å². The Kier molecular flexibility index (Phi) is 12.3. The number of carbonyl (C=O) groups excluding carboxylic acids is 1.